The molecule has 0 radical (unpaired) electrons. The first kappa shape index (κ1) is 18.6. The van der Waals surface area contributed by atoms with Crippen LogP contribution in [0.4, 0.5) is 0 Å². The molecule has 1 aromatic heterocycles. The van der Waals surface area contributed by atoms with Gasteiger partial charge in [-0.2, -0.15) is 4.31 Å². The number of halogens is 1. The molecule has 1 saturated heterocycles. The van der Waals surface area contributed by atoms with Crippen molar-refractivity contribution in [2.75, 3.05) is 13.1 Å². The van der Waals surface area contributed by atoms with Crippen LogP contribution in [0.5, 0.6) is 0 Å². The fourth-order valence-corrected chi connectivity index (χ4v) is 4.56. The van der Waals surface area contributed by atoms with Crippen molar-refractivity contribution in [2.24, 2.45) is 0 Å². The number of aromatic carboxylic acids is 1. The van der Waals surface area contributed by atoms with Gasteiger partial charge in [-0.05, 0) is 37.1 Å². The van der Waals surface area contributed by atoms with Gasteiger partial charge in [0.25, 0.3) is 5.56 Å². The van der Waals surface area contributed by atoms with Crippen LogP contribution in [0.25, 0.3) is 0 Å². The number of sulfonamides is 1. The highest BCUT2D eigenvalue weighted by molar-refractivity contribution is 7.89. The Kier molecular flexibility index (Phi) is 5.12. The van der Waals surface area contributed by atoms with E-state index in [4.69, 9.17) is 16.7 Å². The third kappa shape index (κ3) is 3.64. The lowest BCUT2D eigenvalue weighted by Crippen LogP contribution is -2.40. The molecule has 1 atom stereocenters. The first-order valence-corrected chi connectivity index (χ1v) is 9.69. The monoisotopic (exact) mass is 397 g/mol. The number of piperidine rings is 1. The molecule has 1 fully saturated rings. The van der Waals surface area contributed by atoms with Gasteiger partial charge in [0.15, 0.2) is 0 Å². The number of rotatable bonds is 4. The standard InChI is InChI=1S/C16H16ClN3O5S/c17-11-3-5-12(6-4-11)26(24,25)20-7-1-2-10(9-20)14-18-8-13(16(22)23)15(21)19-14/h3-6,8,10H,1-2,7,9H2,(H,22,23)(H,18,19,21)/t10-/m1/s1. The van der Waals surface area contributed by atoms with Gasteiger partial charge in [-0.15, -0.1) is 0 Å². The lowest BCUT2D eigenvalue weighted by atomic mass is 9.99. The molecule has 3 rings (SSSR count). The smallest absolute Gasteiger partial charge is 0.342 e. The average Bonchev–Trinajstić information content (AvgIpc) is 2.62. The van der Waals surface area contributed by atoms with Crippen molar-refractivity contribution in [2.45, 2.75) is 23.7 Å². The average molecular weight is 398 g/mol. The number of hydrogen-bond donors (Lipinski definition) is 2. The molecular formula is C16H16ClN3O5S. The number of carboxylic acids is 1. The molecule has 1 aromatic carbocycles. The predicted molar refractivity (Wildman–Crippen MR) is 94.0 cm³/mol. The number of H-pyrrole nitrogens is 1. The summed E-state index contributed by atoms with van der Waals surface area (Å²) in [5.41, 5.74) is -1.20. The second-order valence-corrected chi connectivity index (χ2v) is 8.35. The number of benzene rings is 1. The van der Waals surface area contributed by atoms with Crippen LogP contribution in [-0.2, 0) is 10.0 Å². The van der Waals surface area contributed by atoms with Gasteiger partial charge in [-0.25, -0.2) is 18.2 Å². The van der Waals surface area contributed by atoms with E-state index in [2.05, 4.69) is 9.97 Å². The quantitative estimate of drug-likeness (QED) is 0.809. The van der Waals surface area contributed by atoms with Crippen molar-refractivity contribution < 1.29 is 18.3 Å². The molecule has 8 nitrogen and oxygen atoms in total. The number of hydrogen-bond acceptors (Lipinski definition) is 5. The highest BCUT2D eigenvalue weighted by atomic mass is 35.5. The molecule has 0 unspecified atom stereocenters. The molecule has 0 spiro atoms. The minimum absolute atomic E-state index is 0.144. The van der Waals surface area contributed by atoms with Crippen LogP contribution in [-0.4, -0.2) is 46.9 Å². The van der Waals surface area contributed by atoms with Crippen LogP contribution in [0.1, 0.15) is 34.9 Å². The molecule has 1 aliphatic rings. The van der Waals surface area contributed by atoms with Gasteiger partial charge in [0.2, 0.25) is 10.0 Å². The van der Waals surface area contributed by atoms with Crippen LogP contribution in [0.15, 0.2) is 40.2 Å². The molecule has 0 saturated carbocycles. The van der Waals surface area contributed by atoms with Gasteiger partial charge >= 0.3 is 5.97 Å². The van der Waals surface area contributed by atoms with Crippen LogP contribution in [0.2, 0.25) is 5.02 Å². The van der Waals surface area contributed by atoms with E-state index < -0.39 is 27.1 Å². The summed E-state index contributed by atoms with van der Waals surface area (Å²) >= 11 is 5.81. The number of carboxylic acid groups (broad SMARTS) is 1. The molecule has 2 heterocycles. The molecule has 1 aliphatic heterocycles. The van der Waals surface area contributed by atoms with E-state index in [1.807, 2.05) is 0 Å². The normalized spacial score (nSPS) is 18.6. The van der Waals surface area contributed by atoms with Crippen molar-refractivity contribution in [1.29, 1.82) is 0 Å². The maximum Gasteiger partial charge on any atom is 0.342 e. The Hall–Kier alpha value is -2.23. The zero-order chi connectivity index (χ0) is 18.9. The molecular weight excluding hydrogens is 382 g/mol. The van der Waals surface area contributed by atoms with Gasteiger partial charge in [-0.1, -0.05) is 11.6 Å². The van der Waals surface area contributed by atoms with Gasteiger partial charge in [0, 0.05) is 30.2 Å². The fourth-order valence-electron chi connectivity index (χ4n) is 2.91. The molecule has 10 heteroatoms. The van der Waals surface area contributed by atoms with Crippen LogP contribution in [0.3, 0.4) is 0 Å². The van der Waals surface area contributed by atoms with Crippen LogP contribution in [0, 0.1) is 0 Å². The maximum absolute atomic E-state index is 12.8. The Bertz CT molecular complexity index is 988. The molecule has 2 N–H and O–H groups in total. The first-order chi connectivity index (χ1) is 12.3. The third-order valence-electron chi connectivity index (χ3n) is 4.27. The summed E-state index contributed by atoms with van der Waals surface area (Å²) in [7, 11) is -3.69. The zero-order valence-corrected chi connectivity index (χ0v) is 15.1. The summed E-state index contributed by atoms with van der Waals surface area (Å²) in [5.74, 6) is -1.39. The number of nitrogens with zero attached hydrogens (tertiary/aromatic N) is 2. The maximum atomic E-state index is 12.8. The van der Waals surface area contributed by atoms with E-state index in [-0.39, 0.29) is 23.2 Å². The molecule has 2 aromatic rings. The lowest BCUT2D eigenvalue weighted by molar-refractivity contribution is 0.0694. The summed E-state index contributed by atoms with van der Waals surface area (Å²) < 4.78 is 26.9. The Labute approximate surface area is 154 Å². The minimum atomic E-state index is -3.69. The highest BCUT2D eigenvalue weighted by Crippen LogP contribution is 2.28. The topological polar surface area (TPSA) is 120 Å². The first-order valence-electron chi connectivity index (χ1n) is 7.87. The van der Waals surface area contributed by atoms with E-state index >= 15 is 0 Å². The third-order valence-corrected chi connectivity index (χ3v) is 6.40. The molecule has 138 valence electrons. The Morgan fingerprint density at radius 1 is 1.31 bits per heavy atom. The van der Waals surface area contributed by atoms with Crippen molar-refractivity contribution in [3.05, 3.63) is 57.2 Å². The largest absolute Gasteiger partial charge is 0.477 e. The molecule has 0 aliphatic carbocycles. The molecule has 0 amide bonds. The summed E-state index contributed by atoms with van der Waals surface area (Å²) in [4.78, 5) is 29.4. The zero-order valence-electron chi connectivity index (χ0n) is 13.6. The van der Waals surface area contributed by atoms with Gasteiger partial charge in [-0.3, -0.25) is 4.79 Å². The Morgan fingerprint density at radius 2 is 2.00 bits per heavy atom. The van der Waals surface area contributed by atoms with Crippen molar-refractivity contribution in [3.63, 3.8) is 0 Å². The van der Waals surface area contributed by atoms with Gasteiger partial charge < -0.3 is 10.1 Å². The minimum Gasteiger partial charge on any atom is -0.477 e. The lowest BCUT2D eigenvalue weighted by Gasteiger charge is -2.31. The number of nitrogens with one attached hydrogen (secondary N) is 1. The van der Waals surface area contributed by atoms with E-state index in [1.165, 1.54) is 28.6 Å². The van der Waals surface area contributed by atoms with Crippen LogP contribution >= 0.6 is 11.6 Å². The van der Waals surface area contributed by atoms with Crippen LogP contribution < -0.4 is 5.56 Å². The summed E-state index contributed by atoms with van der Waals surface area (Å²) in [6.07, 6.45) is 2.24. The Morgan fingerprint density at radius 3 is 2.62 bits per heavy atom. The van der Waals surface area contributed by atoms with Gasteiger partial charge in [0.1, 0.15) is 11.4 Å². The van der Waals surface area contributed by atoms with E-state index in [0.29, 0.717) is 24.4 Å². The summed E-state index contributed by atoms with van der Waals surface area (Å²) in [6, 6.07) is 5.92. The number of aromatic nitrogens is 2. The van der Waals surface area contributed by atoms with Crippen molar-refractivity contribution in [1.82, 2.24) is 14.3 Å². The summed E-state index contributed by atoms with van der Waals surface area (Å²) in [6.45, 7) is 0.513. The van der Waals surface area contributed by atoms with E-state index in [9.17, 15) is 18.0 Å². The SMILES string of the molecule is O=C(O)c1cnc([C@@H]2CCCN(S(=O)(=O)c3ccc(Cl)cc3)C2)[nH]c1=O. The van der Waals surface area contributed by atoms with Crippen molar-refractivity contribution >= 4 is 27.6 Å². The predicted octanol–water partition coefficient (Wildman–Crippen LogP) is 1.69. The van der Waals surface area contributed by atoms with Gasteiger partial charge in [0.05, 0.1) is 4.90 Å². The fraction of sp³-hybridized carbons (Fsp3) is 0.312. The second kappa shape index (κ2) is 7.18. The van der Waals surface area contributed by atoms with Crippen molar-refractivity contribution in [3.8, 4) is 0 Å². The second-order valence-electron chi connectivity index (χ2n) is 5.97. The highest BCUT2D eigenvalue weighted by Gasteiger charge is 2.32. The molecule has 0 bridgehead atoms. The number of carbonyl (C=O) groups is 1. The van der Waals surface area contributed by atoms with E-state index in [1.54, 1.807) is 0 Å². The Balaban J connectivity index is 1.85. The molecule has 26 heavy (non-hydrogen) atoms. The summed E-state index contributed by atoms with van der Waals surface area (Å²) in [5, 5.41) is 9.35. The van der Waals surface area contributed by atoms with E-state index in [0.717, 1.165) is 6.20 Å². The number of aromatic amines is 1.